The zero-order valence-corrected chi connectivity index (χ0v) is 13.6. The molecule has 0 aliphatic carbocycles. The predicted molar refractivity (Wildman–Crippen MR) is 87.3 cm³/mol. The minimum absolute atomic E-state index is 0.202. The molecule has 19 heavy (non-hydrogen) atoms. The summed E-state index contributed by atoms with van der Waals surface area (Å²) in [6, 6.07) is 14.0. The van der Waals surface area contributed by atoms with Gasteiger partial charge < -0.3 is 5.32 Å². The largest absolute Gasteiger partial charge is 0.377 e. The average Bonchev–Trinajstić information content (AvgIpc) is 2.41. The molecule has 0 fully saturated rings. The third-order valence-electron chi connectivity index (χ3n) is 2.96. The van der Waals surface area contributed by atoms with Gasteiger partial charge in [0.05, 0.1) is 16.1 Å². The van der Waals surface area contributed by atoms with Gasteiger partial charge in [0, 0.05) is 10.2 Å². The number of halogens is 3. The van der Waals surface area contributed by atoms with Crippen molar-refractivity contribution in [2.45, 2.75) is 19.4 Å². The van der Waals surface area contributed by atoms with Gasteiger partial charge in [-0.15, -0.1) is 0 Å². The Morgan fingerprint density at radius 3 is 2.47 bits per heavy atom. The van der Waals surface area contributed by atoms with Crippen LogP contribution in [0.2, 0.25) is 10.0 Å². The Morgan fingerprint density at radius 2 is 1.84 bits per heavy atom. The second-order valence-corrected chi connectivity index (χ2v) is 5.93. The maximum absolute atomic E-state index is 6.08. The molecule has 0 radical (unpaired) electrons. The van der Waals surface area contributed by atoms with E-state index in [0.717, 1.165) is 22.1 Å². The summed E-state index contributed by atoms with van der Waals surface area (Å²) in [7, 11) is 0. The molecule has 0 spiro atoms. The minimum Gasteiger partial charge on any atom is -0.377 e. The van der Waals surface area contributed by atoms with Crippen molar-refractivity contribution in [3.8, 4) is 0 Å². The van der Waals surface area contributed by atoms with Crippen LogP contribution in [0, 0.1) is 0 Å². The Balaban J connectivity index is 2.25. The highest BCUT2D eigenvalue weighted by atomic mass is 79.9. The van der Waals surface area contributed by atoms with Crippen LogP contribution in [-0.2, 0) is 0 Å². The molecule has 0 saturated carbocycles. The lowest BCUT2D eigenvalue weighted by Gasteiger charge is -2.20. The summed E-state index contributed by atoms with van der Waals surface area (Å²) in [5.41, 5.74) is 2.20. The molecule has 1 atom stereocenters. The first-order valence-corrected chi connectivity index (χ1v) is 7.62. The van der Waals surface area contributed by atoms with E-state index in [-0.39, 0.29) is 6.04 Å². The monoisotopic (exact) mass is 357 g/mol. The summed E-state index contributed by atoms with van der Waals surface area (Å²) in [4.78, 5) is 0. The third-order valence-corrected chi connectivity index (χ3v) is 4.39. The van der Waals surface area contributed by atoms with E-state index in [9.17, 15) is 0 Å². The molecule has 0 saturated heterocycles. The Morgan fingerprint density at radius 1 is 1.11 bits per heavy atom. The van der Waals surface area contributed by atoms with Crippen LogP contribution in [0.1, 0.15) is 24.9 Å². The van der Waals surface area contributed by atoms with E-state index in [1.165, 1.54) is 0 Å². The molecule has 2 rings (SSSR count). The molecule has 0 aliphatic heterocycles. The second-order valence-electron chi connectivity index (χ2n) is 4.26. The van der Waals surface area contributed by atoms with Gasteiger partial charge in [-0.3, -0.25) is 0 Å². The fourth-order valence-electron chi connectivity index (χ4n) is 1.92. The second kappa shape index (κ2) is 6.65. The normalized spacial score (nSPS) is 12.2. The topological polar surface area (TPSA) is 12.0 Å². The molecule has 0 bridgehead atoms. The Labute approximate surface area is 132 Å². The van der Waals surface area contributed by atoms with Gasteiger partial charge in [-0.05, 0) is 52.2 Å². The molecule has 0 aromatic heterocycles. The van der Waals surface area contributed by atoms with Crippen molar-refractivity contribution in [2.24, 2.45) is 0 Å². The lowest BCUT2D eigenvalue weighted by atomic mass is 10.0. The molecule has 0 amide bonds. The molecule has 1 N–H and O–H groups in total. The van der Waals surface area contributed by atoms with Crippen LogP contribution in [-0.4, -0.2) is 0 Å². The van der Waals surface area contributed by atoms with Gasteiger partial charge >= 0.3 is 0 Å². The van der Waals surface area contributed by atoms with E-state index in [4.69, 9.17) is 23.2 Å². The first-order valence-electron chi connectivity index (χ1n) is 6.08. The molecule has 0 heterocycles. The minimum atomic E-state index is 0.202. The van der Waals surface area contributed by atoms with Crippen LogP contribution in [0.15, 0.2) is 46.9 Å². The van der Waals surface area contributed by atoms with E-state index in [0.29, 0.717) is 10.0 Å². The van der Waals surface area contributed by atoms with Crippen molar-refractivity contribution in [1.29, 1.82) is 0 Å². The number of rotatable bonds is 4. The molecule has 4 heteroatoms. The maximum Gasteiger partial charge on any atom is 0.0595 e. The molecule has 100 valence electrons. The Bertz CT molecular complexity index is 572. The predicted octanol–water partition coefficient (Wildman–Crippen LogP) is 6.32. The summed E-state index contributed by atoms with van der Waals surface area (Å²) in [6.07, 6.45) is 0.958. The summed E-state index contributed by atoms with van der Waals surface area (Å²) < 4.78 is 1.05. The van der Waals surface area contributed by atoms with Crippen molar-refractivity contribution in [1.82, 2.24) is 0 Å². The van der Waals surface area contributed by atoms with Crippen molar-refractivity contribution in [3.63, 3.8) is 0 Å². The average molecular weight is 359 g/mol. The van der Waals surface area contributed by atoms with Gasteiger partial charge in [0.1, 0.15) is 0 Å². The van der Waals surface area contributed by atoms with Crippen LogP contribution >= 0.6 is 39.1 Å². The van der Waals surface area contributed by atoms with Gasteiger partial charge in [-0.25, -0.2) is 0 Å². The van der Waals surface area contributed by atoms with Crippen LogP contribution < -0.4 is 5.32 Å². The SMILES string of the molecule is CCC(Nc1ccccc1Br)c1ccc(Cl)c(Cl)c1. The van der Waals surface area contributed by atoms with Crippen molar-refractivity contribution < 1.29 is 0 Å². The number of benzene rings is 2. The first-order chi connectivity index (χ1) is 9.11. The molecule has 1 unspecified atom stereocenters. The van der Waals surface area contributed by atoms with Crippen LogP contribution in [0.4, 0.5) is 5.69 Å². The summed E-state index contributed by atoms with van der Waals surface area (Å²) in [5, 5.41) is 4.69. The highest BCUT2D eigenvalue weighted by Gasteiger charge is 2.12. The molecule has 2 aromatic carbocycles. The smallest absolute Gasteiger partial charge is 0.0595 e. The molecule has 0 aliphatic rings. The third kappa shape index (κ3) is 3.65. The first kappa shape index (κ1) is 14.7. The van der Waals surface area contributed by atoms with Crippen LogP contribution in [0.5, 0.6) is 0 Å². The van der Waals surface area contributed by atoms with Crippen molar-refractivity contribution in [3.05, 3.63) is 62.5 Å². The summed E-state index contributed by atoms with van der Waals surface area (Å²) >= 11 is 15.6. The van der Waals surface area contributed by atoms with E-state index in [2.05, 4.69) is 28.2 Å². The van der Waals surface area contributed by atoms with Gasteiger partial charge in [-0.2, -0.15) is 0 Å². The molecular weight excluding hydrogens is 345 g/mol. The van der Waals surface area contributed by atoms with E-state index < -0.39 is 0 Å². The quantitative estimate of drug-likeness (QED) is 0.674. The van der Waals surface area contributed by atoms with Gasteiger partial charge in [0.2, 0.25) is 0 Å². The van der Waals surface area contributed by atoms with Gasteiger partial charge in [0.15, 0.2) is 0 Å². The maximum atomic E-state index is 6.08. The molecular formula is C15H14BrCl2N. The summed E-state index contributed by atoms with van der Waals surface area (Å²) in [5.74, 6) is 0. The van der Waals surface area contributed by atoms with Crippen LogP contribution in [0.25, 0.3) is 0 Å². The van der Waals surface area contributed by atoms with Gasteiger partial charge in [-0.1, -0.05) is 48.3 Å². The highest BCUT2D eigenvalue weighted by Crippen LogP contribution is 2.31. The van der Waals surface area contributed by atoms with Crippen LogP contribution in [0.3, 0.4) is 0 Å². The van der Waals surface area contributed by atoms with Crippen molar-refractivity contribution in [2.75, 3.05) is 5.32 Å². The molecule has 2 aromatic rings. The number of para-hydroxylation sites is 1. The standard InChI is InChI=1S/C15H14BrCl2N/c1-2-14(10-7-8-12(17)13(18)9-10)19-15-6-4-3-5-11(15)16/h3-9,14,19H,2H2,1H3. The lowest BCUT2D eigenvalue weighted by molar-refractivity contribution is 0.749. The highest BCUT2D eigenvalue weighted by molar-refractivity contribution is 9.10. The number of anilines is 1. The number of hydrogen-bond acceptors (Lipinski definition) is 1. The number of nitrogens with one attached hydrogen (secondary N) is 1. The molecule has 1 nitrogen and oxygen atoms in total. The van der Waals surface area contributed by atoms with Gasteiger partial charge in [0.25, 0.3) is 0 Å². The van der Waals surface area contributed by atoms with E-state index >= 15 is 0 Å². The van der Waals surface area contributed by atoms with Crippen molar-refractivity contribution >= 4 is 44.8 Å². The lowest BCUT2D eigenvalue weighted by Crippen LogP contribution is -2.10. The zero-order valence-electron chi connectivity index (χ0n) is 10.5. The van der Waals surface area contributed by atoms with E-state index in [1.54, 1.807) is 0 Å². The fraction of sp³-hybridized carbons (Fsp3) is 0.200. The summed E-state index contributed by atoms with van der Waals surface area (Å²) in [6.45, 7) is 2.14. The Hall–Kier alpha value is -0.700. The van der Waals surface area contributed by atoms with E-state index in [1.807, 2.05) is 42.5 Å². The zero-order chi connectivity index (χ0) is 13.8. The Kier molecular flexibility index (Phi) is 5.14. The number of hydrogen-bond donors (Lipinski definition) is 1. The fourth-order valence-corrected chi connectivity index (χ4v) is 2.62.